The number of rotatable bonds is 6. The molecule has 0 aliphatic heterocycles. The van der Waals surface area contributed by atoms with Gasteiger partial charge in [-0.05, 0) is 82.9 Å². The molecule has 0 bridgehead atoms. The van der Waals surface area contributed by atoms with Gasteiger partial charge in [-0.15, -0.1) is 22.7 Å². The summed E-state index contributed by atoms with van der Waals surface area (Å²) in [5, 5.41) is 5.12. The van der Waals surface area contributed by atoms with Crippen molar-refractivity contribution < 1.29 is 0 Å². The van der Waals surface area contributed by atoms with Crippen LogP contribution in [0.1, 0.15) is 0 Å². The molecule has 0 unspecified atom stereocenters. The first-order chi connectivity index (χ1) is 27.7. The Hall–Kier alpha value is -6.93. The fraction of sp³-hybridized carbons (Fsp3) is 0. The minimum absolute atomic E-state index is 0.623. The lowest BCUT2D eigenvalue weighted by Crippen LogP contribution is -1.97. The van der Waals surface area contributed by atoms with Crippen molar-refractivity contribution in [3.05, 3.63) is 176 Å². The molecule has 11 aromatic rings. The molecule has 4 aromatic heterocycles. The molecule has 0 saturated heterocycles. The van der Waals surface area contributed by atoms with Gasteiger partial charge in [0.1, 0.15) is 12.7 Å². The Morgan fingerprint density at radius 2 is 0.768 bits per heavy atom. The van der Waals surface area contributed by atoms with Gasteiger partial charge in [0.15, 0.2) is 11.6 Å². The Kier molecular flexibility index (Phi) is 7.79. The summed E-state index contributed by atoms with van der Waals surface area (Å²) in [7, 11) is 0. The van der Waals surface area contributed by atoms with Crippen LogP contribution in [-0.2, 0) is 0 Å². The van der Waals surface area contributed by atoms with Crippen LogP contribution in [0.5, 0.6) is 0 Å². The van der Waals surface area contributed by atoms with Gasteiger partial charge >= 0.3 is 0 Å². The van der Waals surface area contributed by atoms with Crippen molar-refractivity contribution in [2.75, 3.05) is 0 Å². The van der Waals surface area contributed by atoms with E-state index in [1.165, 1.54) is 53.0 Å². The Morgan fingerprint density at radius 1 is 0.304 bits per heavy atom. The van der Waals surface area contributed by atoms with Crippen LogP contribution < -0.4 is 0 Å². The average molecular weight is 752 g/mol. The Labute approximate surface area is 330 Å². The van der Waals surface area contributed by atoms with Gasteiger partial charge in [-0.25, -0.2) is 24.9 Å². The van der Waals surface area contributed by atoms with Crippen LogP contribution >= 0.6 is 22.7 Å². The van der Waals surface area contributed by atoms with Crippen LogP contribution in [0, 0.1) is 0 Å². The van der Waals surface area contributed by atoms with E-state index >= 15 is 0 Å². The molecular formula is C49H29N5S2. The van der Waals surface area contributed by atoms with Gasteiger partial charge in [-0.1, -0.05) is 103 Å². The van der Waals surface area contributed by atoms with Crippen LogP contribution in [-0.4, -0.2) is 24.9 Å². The zero-order valence-electron chi connectivity index (χ0n) is 29.8. The van der Waals surface area contributed by atoms with Gasteiger partial charge < -0.3 is 0 Å². The van der Waals surface area contributed by atoms with E-state index in [2.05, 4.69) is 136 Å². The minimum atomic E-state index is 0.623. The highest BCUT2D eigenvalue weighted by molar-refractivity contribution is 7.26. The number of nitrogens with zero attached hydrogens (tertiary/aromatic N) is 5. The second kappa shape index (κ2) is 13.4. The molecule has 0 radical (unpaired) electrons. The Bertz CT molecular complexity index is 3110. The molecule has 0 aliphatic carbocycles. The van der Waals surface area contributed by atoms with Gasteiger partial charge in [-0.2, -0.15) is 0 Å². The Morgan fingerprint density at radius 3 is 1.36 bits per heavy atom. The first kappa shape index (κ1) is 32.5. The molecule has 7 heteroatoms. The minimum Gasteiger partial charge on any atom is -0.228 e. The van der Waals surface area contributed by atoms with Crippen molar-refractivity contribution in [3.63, 3.8) is 0 Å². The van der Waals surface area contributed by atoms with Gasteiger partial charge in [0.25, 0.3) is 0 Å². The fourth-order valence-corrected chi connectivity index (χ4v) is 9.73. The molecule has 0 fully saturated rings. The third-order valence-corrected chi connectivity index (χ3v) is 12.6. The van der Waals surface area contributed by atoms with Crippen LogP contribution in [0.15, 0.2) is 176 Å². The first-order valence-corrected chi connectivity index (χ1v) is 20.0. The zero-order chi connectivity index (χ0) is 37.0. The van der Waals surface area contributed by atoms with Crippen molar-refractivity contribution in [2.45, 2.75) is 0 Å². The van der Waals surface area contributed by atoms with Crippen molar-refractivity contribution >= 4 is 63.0 Å². The smallest absolute Gasteiger partial charge is 0.162 e. The highest BCUT2D eigenvalue weighted by Crippen LogP contribution is 2.41. The summed E-state index contributed by atoms with van der Waals surface area (Å²) in [5.74, 6) is 1.27. The number of hydrogen-bond acceptors (Lipinski definition) is 7. The largest absolute Gasteiger partial charge is 0.228 e. The SMILES string of the molecule is c1ccc(-c2cc(-c3cc(-c4ccc5sc6ccccc6c5c4)cc(-c4ccc5sc6ccccc6c5c4)c3)nc(-c3ccc(-c4ncncn4)cc3)n2)cc1. The van der Waals surface area contributed by atoms with E-state index in [4.69, 9.17) is 9.97 Å². The van der Waals surface area contributed by atoms with Gasteiger partial charge in [-0.3, -0.25) is 0 Å². The second-order valence-corrected chi connectivity index (χ2v) is 16.0. The van der Waals surface area contributed by atoms with Crippen LogP contribution in [0.2, 0.25) is 0 Å². The van der Waals surface area contributed by atoms with Crippen molar-refractivity contribution in [1.29, 1.82) is 0 Å². The standard InChI is InChI=1S/C49H29N5S2/c1-2-8-30(9-3-1)42-27-43(54-49(53-42)32-16-14-31(15-17-32)48-51-28-50-29-52-48)37-23-35(33-18-20-46-40(25-33)38-10-4-6-12-44(38)55-46)22-36(24-37)34-19-21-47-41(26-34)39-11-5-7-13-45(39)56-47/h1-29H. The molecule has 11 rings (SSSR count). The summed E-state index contributed by atoms with van der Waals surface area (Å²) >= 11 is 3.68. The predicted molar refractivity (Wildman–Crippen MR) is 234 cm³/mol. The van der Waals surface area contributed by atoms with Crippen LogP contribution in [0.3, 0.4) is 0 Å². The summed E-state index contributed by atoms with van der Waals surface area (Å²) in [5.41, 5.74) is 10.2. The number of benzene rings is 7. The highest BCUT2D eigenvalue weighted by Gasteiger charge is 2.16. The quantitative estimate of drug-likeness (QED) is 0.169. The molecule has 0 N–H and O–H groups in total. The molecule has 0 aliphatic rings. The monoisotopic (exact) mass is 751 g/mol. The molecule has 0 atom stereocenters. The lowest BCUT2D eigenvalue weighted by atomic mass is 9.93. The summed E-state index contributed by atoms with van der Waals surface area (Å²) in [6, 6.07) is 58.5. The van der Waals surface area contributed by atoms with Crippen LogP contribution in [0.25, 0.3) is 108 Å². The highest BCUT2D eigenvalue weighted by atomic mass is 32.1. The Balaban J connectivity index is 1.11. The number of hydrogen-bond donors (Lipinski definition) is 0. The normalized spacial score (nSPS) is 11.6. The lowest BCUT2D eigenvalue weighted by Gasteiger charge is -2.14. The van der Waals surface area contributed by atoms with E-state index in [9.17, 15) is 0 Å². The molecular weight excluding hydrogens is 723 g/mol. The maximum atomic E-state index is 5.29. The summed E-state index contributed by atoms with van der Waals surface area (Å²) in [6.07, 6.45) is 3.03. The van der Waals surface area contributed by atoms with E-state index in [0.29, 0.717) is 11.6 Å². The van der Waals surface area contributed by atoms with Crippen molar-refractivity contribution in [2.24, 2.45) is 0 Å². The van der Waals surface area contributed by atoms with E-state index in [1.54, 1.807) is 0 Å². The number of thiophene rings is 2. The summed E-state index contributed by atoms with van der Waals surface area (Å²) in [6.45, 7) is 0. The van der Waals surface area contributed by atoms with Crippen molar-refractivity contribution in [1.82, 2.24) is 24.9 Å². The van der Waals surface area contributed by atoms with Gasteiger partial charge in [0.05, 0.1) is 11.4 Å². The molecule has 7 aromatic carbocycles. The number of fused-ring (bicyclic) bond motifs is 6. The van der Waals surface area contributed by atoms with E-state index < -0.39 is 0 Å². The summed E-state index contributed by atoms with van der Waals surface area (Å²) < 4.78 is 5.17. The predicted octanol–water partition coefficient (Wildman–Crippen LogP) is 13.4. The second-order valence-electron chi connectivity index (χ2n) is 13.8. The van der Waals surface area contributed by atoms with E-state index in [1.807, 2.05) is 65.1 Å². The van der Waals surface area contributed by atoms with Crippen molar-refractivity contribution in [3.8, 4) is 67.5 Å². The van der Waals surface area contributed by atoms with Gasteiger partial charge in [0, 0.05) is 62.6 Å². The maximum absolute atomic E-state index is 5.29. The topological polar surface area (TPSA) is 64.5 Å². The average Bonchev–Trinajstić information content (AvgIpc) is 3.84. The fourth-order valence-electron chi connectivity index (χ4n) is 7.56. The number of aromatic nitrogens is 5. The molecule has 5 nitrogen and oxygen atoms in total. The van der Waals surface area contributed by atoms with E-state index in [-0.39, 0.29) is 0 Å². The lowest BCUT2D eigenvalue weighted by molar-refractivity contribution is 1.06. The maximum Gasteiger partial charge on any atom is 0.162 e. The zero-order valence-corrected chi connectivity index (χ0v) is 31.4. The third-order valence-electron chi connectivity index (χ3n) is 10.3. The molecule has 0 amide bonds. The molecule has 4 heterocycles. The van der Waals surface area contributed by atoms with Gasteiger partial charge in [0.2, 0.25) is 0 Å². The molecule has 0 spiro atoms. The van der Waals surface area contributed by atoms with Crippen LogP contribution in [0.4, 0.5) is 0 Å². The van der Waals surface area contributed by atoms with E-state index in [0.717, 1.165) is 55.9 Å². The third kappa shape index (κ3) is 5.82. The molecule has 262 valence electrons. The first-order valence-electron chi connectivity index (χ1n) is 18.4. The molecule has 0 saturated carbocycles. The summed E-state index contributed by atoms with van der Waals surface area (Å²) in [4.78, 5) is 23.0. The molecule has 56 heavy (non-hydrogen) atoms.